The Labute approximate surface area is 178 Å². The summed E-state index contributed by atoms with van der Waals surface area (Å²) in [6.07, 6.45) is -2.75. The molecule has 2 atom stereocenters. The van der Waals surface area contributed by atoms with Crippen molar-refractivity contribution in [2.24, 2.45) is 0 Å². The van der Waals surface area contributed by atoms with Crippen molar-refractivity contribution in [1.29, 1.82) is 0 Å². The van der Waals surface area contributed by atoms with Crippen molar-refractivity contribution in [3.63, 3.8) is 0 Å². The molecule has 3 aromatic rings. The predicted octanol–water partition coefficient (Wildman–Crippen LogP) is 4.51. The third kappa shape index (κ3) is 5.86. The van der Waals surface area contributed by atoms with Crippen LogP contribution in [0, 0.1) is 11.6 Å². The van der Waals surface area contributed by atoms with E-state index in [0.717, 1.165) is 30.5 Å². The van der Waals surface area contributed by atoms with E-state index < -0.39 is 36.4 Å². The smallest absolute Gasteiger partial charge is 0.304 e. The lowest BCUT2D eigenvalue weighted by molar-refractivity contribution is -0.0665. The molecule has 0 radical (unpaired) electrons. The number of halogens is 5. The van der Waals surface area contributed by atoms with E-state index in [1.807, 2.05) is 0 Å². The maximum Gasteiger partial charge on any atom is 0.304 e. The second kappa shape index (κ2) is 9.98. The van der Waals surface area contributed by atoms with Gasteiger partial charge in [0.2, 0.25) is 5.95 Å². The van der Waals surface area contributed by atoms with Crippen molar-refractivity contribution in [1.82, 2.24) is 15.0 Å². The van der Waals surface area contributed by atoms with E-state index in [1.54, 1.807) is 6.92 Å². The molecule has 3 rings (SSSR count). The SMILES string of the molecule is CC(Nc1nccc(C(=O)Nc2cnccc2OC(F)C(F)F)n1)c1cc(F)cc(F)c1. The molecule has 2 unspecified atom stereocenters. The second-order valence-corrected chi connectivity index (χ2v) is 6.46. The fourth-order valence-electron chi connectivity index (χ4n) is 2.59. The van der Waals surface area contributed by atoms with Crippen LogP contribution in [0.25, 0.3) is 0 Å². The van der Waals surface area contributed by atoms with Crippen molar-refractivity contribution in [2.45, 2.75) is 25.7 Å². The predicted molar refractivity (Wildman–Crippen MR) is 104 cm³/mol. The first kappa shape index (κ1) is 22.8. The summed E-state index contributed by atoms with van der Waals surface area (Å²) >= 11 is 0. The van der Waals surface area contributed by atoms with Crippen LogP contribution in [0.4, 0.5) is 33.6 Å². The van der Waals surface area contributed by atoms with Crippen molar-refractivity contribution in [3.05, 3.63) is 71.8 Å². The van der Waals surface area contributed by atoms with Gasteiger partial charge in [-0.1, -0.05) is 0 Å². The maximum atomic E-state index is 13.4. The maximum absolute atomic E-state index is 13.4. The summed E-state index contributed by atoms with van der Waals surface area (Å²) in [4.78, 5) is 24.2. The average molecular weight is 453 g/mol. The normalized spacial score (nSPS) is 12.8. The van der Waals surface area contributed by atoms with Gasteiger partial charge < -0.3 is 15.4 Å². The van der Waals surface area contributed by atoms with Gasteiger partial charge in [-0.25, -0.2) is 27.5 Å². The third-order valence-electron chi connectivity index (χ3n) is 4.09. The zero-order valence-corrected chi connectivity index (χ0v) is 16.4. The number of aromatic nitrogens is 3. The first-order valence-corrected chi connectivity index (χ1v) is 9.12. The van der Waals surface area contributed by atoms with Crippen LogP contribution >= 0.6 is 0 Å². The summed E-state index contributed by atoms with van der Waals surface area (Å²) in [6, 6.07) is 4.78. The number of nitrogens with one attached hydrogen (secondary N) is 2. The van der Waals surface area contributed by atoms with Gasteiger partial charge in [-0.3, -0.25) is 9.78 Å². The molecule has 32 heavy (non-hydrogen) atoms. The highest BCUT2D eigenvalue weighted by Gasteiger charge is 2.23. The number of benzene rings is 1. The fraction of sp³-hybridized carbons (Fsp3) is 0.200. The number of hydrogen-bond acceptors (Lipinski definition) is 6. The highest BCUT2D eigenvalue weighted by atomic mass is 19.3. The van der Waals surface area contributed by atoms with Gasteiger partial charge in [0, 0.05) is 24.5 Å². The van der Waals surface area contributed by atoms with E-state index in [1.165, 1.54) is 18.5 Å². The van der Waals surface area contributed by atoms with Crippen molar-refractivity contribution < 1.29 is 31.5 Å². The lowest BCUT2D eigenvalue weighted by Gasteiger charge is -2.16. The number of amides is 1. The number of alkyl halides is 3. The Kier molecular flexibility index (Phi) is 7.13. The molecular weight excluding hydrogens is 437 g/mol. The number of carbonyl (C=O) groups is 1. The van der Waals surface area contributed by atoms with Crippen LogP contribution in [0.3, 0.4) is 0 Å². The summed E-state index contributed by atoms with van der Waals surface area (Å²) in [5, 5.41) is 5.16. The molecule has 0 saturated heterocycles. The lowest BCUT2D eigenvalue weighted by Crippen LogP contribution is -2.21. The van der Waals surface area contributed by atoms with Gasteiger partial charge in [0.15, 0.2) is 0 Å². The summed E-state index contributed by atoms with van der Waals surface area (Å²) in [5.74, 6) is -2.65. The molecule has 0 aliphatic rings. The molecule has 2 N–H and O–H groups in total. The van der Waals surface area contributed by atoms with Crippen molar-refractivity contribution in [3.8, 4) is 5.75 Å². The molecule has 0 spiro atoms. The number of rotatable bonds is 8. The van der Waals surface area contributed by atoms with Gasteiger partial charge >= 0.3 is 6.43 Å². The van der Waals surface area contributed by atoms with E-state index in [0.29, 0.717) is 0 Å². The van der Waals surface area contributed by atoms with Gasteiger partial charge in [-0.15, -0.1) is 0 Å². The van der Waals surface area contributed by atoms with Crippen molar-refractivity contribution in [2.75, 3.05) is 10.6 Å². The number of ether oxygens (including phenoxy) is 1. The Morgan fingerprint density at radius 2 is 1.78 bits per heavy atom. The second-order valence-electron chi connectivity index (χ2n) is 6.46. The van der Waals surface area contributed by atoms with E-state index in [4.69, 9.17) is 0 Å². The zero-order valence-electron chi connectivity index (χ0n) is 16.4. The molecule has 2 heterocycles. The summed E-state index contributed by atoms with van der Waals surface area (Å²) in [5.41, 5.74) is -0.00368. The molecule has 1 amide bonds. The molecule has 12 heteroatoms. The molecule has 2 aromatic heterocycles. The third-order valence-corrected chi connectivity index (χ3v) is 4.09. The molecule has 7 nitrogen and oxygen atoms in total. The molecule has 0 bridgehead atoms. The summed E-state index contributed by atoms with van der Waals surface area (Å²) in [7, 11) is 0. The van der Waals surface area contributed by atoms with E-state index in [-0.39, 0.29) is 28.6 Å². The Hall–Kier alpha value is -3.83. The fourth-order valence-corrected chi connectivity index (χ4v) is 2.59. The van der Waals surface area contributed by atoms with Crippen LogP contribution < -0.4 is 15.4 Å². The van der Waals surface area contributed by atoms with Crippen LogP contribution in [-0.2, 0) is 0 Å². The number of anilines is 2. The van der Waals surface area contributed by atoms with Crippen LogP contribution in [0.5, 0.6) is 5.75 Å². The number of nitrogens with zero attached hydrogens (tertiary/aromatic N) is 3. The topological polar surface area (TPSA) is 89.0 Å². The number of hydrogen-bond donors (Lipinski definition) is 2. The van der Waals surface area contributed by atoms with Gasteiger partial charge in [0.1, 0.15) is 28.8 Å². The Morgan fingerprint density at radius 3 is 2.47 bits per heavy atom. The molecule has 0 aliphatic heterocycles. The minimum atomic E-state index is -3.38. The monoisotopic (exact) mass is 453 g/mol. The highest BCUT2D eigenvalue weighted by molar-refractivity contribution is 6.03. The standard InChI is InChI=1S/C20H16F5N5O2/c1-10(11-6-12(21)8-13(22)7-11)28-20-27-5-2-14(30-20)19(31)29-15-9-26-4-3-16(15)32-18(25)17(23)24/h2-10,17-18H,1H3,(H,29,31)(H,27,28,30). The van der Waals surface area contributed by atoms with Crippen LogP contribution in [0.2, 0.25) is 0 Å². The number of carbonyl (C=O) groups excluding carboxylic acids is 1. The van der Waals surface area contributed by atoms with Crippen LogP contribution in [0.1, 0.15) is 29.0 Å². The highest BCUT2D eigenvalue weighted by Crippen LogP contribution is 2.26. The first-order chi connectivity index (χ1) is 15.2. The zero-order chi connectivity index (χ0) is 23.3. The minimum Gasteiger partial charge on any atom is -0.452 e. The van der Waals surface area contributed by atoms with Gasteiger partial charge in [0.25, 0.3) is 12.3 Å². The van der Waals surface area contributed by atoms with Crippen molar-refractivity contribution >= 4 is 17.5 Å². The summed E-state index contributed by atoms with van der Waals surface area (Å²) in [6.45, 7) is 1.61. The van der Waals surface area contributed by atoms with E-state index in [9.17, 15) is 26.7 Å². The van der Waals surface area contributed by atoms with E-state index in [2.05, 4.69) is 30.3 Å². The number of pyridine rings is 1. The van der Waals surface area contributed by atoms with Gasteiger partial charge in [-0.05, 0) is 30.7 Å². The Morgan fingerprint density at radius 1 is 1.06 bits per heavy atom. The Balaban J connectivity index is 1.73. The van der Waals surface area contributed by atoms with Crippen LogP contribution in [-0.4, -0.2) is 33.6 Å². The molecule has 168 valence electrons. The minimum absolute atomic E-state index is 0.0148. The Bertz CT molecular complexity index is 1080. The quantitative estimate of drug-likeness (QED) is 0.488. The molecule has 0 fully saturated rings. The molecule has 0 saturated carbocycles. The lowest BCUT2D eigenvalue weighted by atomic mass is 10.1. The molecule has 1 aromatic carbocycles. The van der Waals surface area contributed by atoms with Crippen LogP contribution in [0.15, 0.2) is 48.9 Å². The first-order valence-electron chi connectivity index (χ1n) is 9.12. The summed E-state index contributed by atoms with van der Waals surface area (Å²) < 4.78 is 69.4. The average Bonchev–Trinajstić information content (AvgIpc) is 2.74. The van der Waals surface area contributed by atoms with Gasteiger partial charge in [0.05, 0.1) is 12.2 Å². The largest absolute Gasteiger partial charge is 0.452 e. The van der Waals surface area contributed by atoms with E-state index >= 15 is 0 Å². The molecular formula is C20H16F5N5O2. The van der Waals surface area contributed by atoms with Gasteiger partial charge in [-0.2, -0.15) is 4.39 Å². The molecule has 0 aliphatic carbocycles.